The zero-order valence-corrected chi connectivity index (χ0v) is 11.5. The Kier molecular flexibility index (Phi) is 3.20. The highest BCUT2D eigenvalue weighted by Gasteiger charge is 2.26. The Labute approximate surface area is 114 Å². The first kappa shape index (κ1) is 12.2. The summed E-state index contributed by atoms with van der Waals surface area (Å²) in [4.78, 5) is 9.39. The van der Waals surface area contributed by atoms with E-state index in [1.807, 2.05) is 7.05 Å². The Bertz CT molecular complexity index is 588. The van der Waals surface area contributed by atoms with E-state index in [2.05, 4.69) is 47.6 Å². The minimum absolute atomic E-state index is 0.641. The maximum atomic E-state index is 4.77. The molecule has 0 unspecified atom stereocenters. The van der Waals surface area contributed by atoms with Crippen molar-refractivity contribution in [3.05, 3.63) is 41.6 Å². The number of aromatic nitrogens is 2. The van der Waals surface area contributed by atoms with Crippen LogP contribution < -0.4 is 5.32 Å². The fourth-order valence-corrected chi connectivity index (χ4v) is 2.35. The summed E-state index contributed by atoms with van der Waals surface area (Å²) in [6.45, 7) is 2.17. The molecule has 0 radical (unpaired) electrons. The summed E-state index contributed by atoms with van der Waals surface area (Å²) in [5, 5.41) is 3.15. The Balaban J connectivity index is 2.10. The Morgan fingerprint density at radius 3 is 2.68 bits per heavy atom. The summed E-state index contributed by atoms with van der Waals surface area (Å²) in [5.74, 6) is 2.41. The van der Waals surface area contributed by atoms with E-state index < -0.39 is 0 Å². The number of benzene rings is 1. The van der Waals surface area contributed by atoms with Gasteiger partial charge in [0.1, 0.15) is 5.82 Å². The number of nitrogens with zero attached hydrogens (tertiary/aromatic N) is 2. The molecule has 98 valence electrons. The van der Waals surface area contributed by atoms with Gasteiger partial charge in [0.25, 0.3) is 0 Å². The summed E-state index contributed by atoms with van der Waals surface area (Å²) in [7, 11) is 1.91. The predicted octanol–water partition coefficient (Wildman–Crippen LogP) is 3.63. The lowest BCUT2D eigenvalue weighted by molar-refractivity contribution is 0.990. The van der Waals surface area contributed by atoms with Gasteiger partial charge in [-0.1, -0.05) is 31.2 Å². The van der Waals surface area contributed by atoms with Crippen molar-refractivity contribution in [3.63, 3.8) is 0 Å². The van der Waals surface area contributed by atoms with Gasteiger partial charge >= 0.3 is 0 Å². The molecule has 1 aliphatic carbocycles. The van der Waals surface area contributed by atoms with Crippen LogP contribution in [0.2, 0.25) is 0 Å². The summed E-state index contributed by atoms with van der Waals surface area (Å²) >= 11 is 0. The van der Waals surface area contributed by atoms with Crippen LogP contribution >= 0.6 is 0 Å². The Morgan fingerprint density at radius 2 is 2.00 bits per heavy atom. The molecule has 19 heavy (non-hydrogen) atoms. The highest BCUT2D eigenvalue weighted by Crippen LogP contribution is 2.40. The molecular formula is C16H19N3. The fourth-order valence-electron chi connectivity index (χ4n) is 2.35. The van der Waals surface area contributed by atoms with Crippen molar-refractivity contribution in [2.75, 3.05) is 12.4 Å². The first-order valence-electron chi connectivity index (χ1n) is 6.96. The van der Waals surface area contributed by atoms with Crippen LogP contribution in [0.4, 0.5) is 5.82 Å². The molecule has 2 aromatic rings. The minimum Gasteiger partial charge on any atom is -0.373 e. The third-order valence-corrected chi connectivity index (χ3v) is 3.64. The van der Waals surface area contributed by atoms with Crippen molar-refractivity contribution in [2.45, 2.75) is 32.1 Å². The van der Waals surface area contributed by atoms with E-state index in [1.165, 1.54) is 24.1 Å². The quantitative estimate of drug-likeness (QED) is 0.904. The van der Waals surface area contributed by atoms with E-state index in [9.17, 15) is 0 Å². The molecule has 1 aromatic heterocycles. The van der Waals surface area contributed by atoms with Crippen molar-refractivity contribution in [2.24, 2.45) is 0 Å². The lowest BCUT2D eigenvalue weighted by Crippen LogP contribution is -2.01. The average molecular weight is 253 g/mol. The normalized spacial score (nSPS) is 14.4. The second kappa shape index (κ2) is 5.00. The van der Waals surface area contributed by atoms with Crippen molar-refractivity contribution < 1.29 is 0 Å². The fraction of sp³-hybridized carbons (Fsp3) is 0.375. The van der Waals surface area contributed by atoms with E-state index in [0.717, 1.165) is 23.6 Å². The van der Waals surface area contributed by atoms with E-state index in [4.69, 9.17) is 4.98 Å². The van der Waals surface area contributed by atoms with Crippen LogP contribution in [0.15, 0.2) is 30.3 Å². The second-order valence-electron chi connectivity index (χ2n) is 5.04. The summed E-state index contributed by atoms with van der Waals surface area (Å²) < 4.78 is 0. The number of rotatable bonds is 4. The molecule has 0 saturated heterocycles. The largest absolute Gasteiger partial charge is 0.373 e. The molecule has 3 nitrogen and oxygen atoms in total. The van der Waals surface area contributed by atoms with Crippen LogP contribution in [0.3, 0.4) is 0 Å². The van der Waals surface area contributed by atoms with Gasteiger partial charge in [-0.25, -0.2) is 9.97 Å². The molecular weight excluding hydrogens is 234 g/mol. The zero-order chi connectivity index (χ0) is 13.2. The smallest absolute Gasteiger partial charge is 0.162 e. The number of anilines is 1. The van der Waals surface area contributed by atoms with Gasteiger partial charge in [-0.3, -0.25) is 0 Å². The second-order valence-corrected chi connectivity index (χ2v) is 5.04. The number of nitrogens with one attached hydrogen (secondary N) is 1. The van der Waals surface area contributed by atoms with Gasteiger partial charge < -0.3 is 5.32 Å². The SMILES string of the molecule is CCc1ccccc1-c1nc(NC)cc(C2CC2)n1. The molecule has 0 bridgehead atoms. The van der Waals surface area contributed by atoms with Gasteiger partial charge in [0.05, 0.1) is 0 Å². The Hall–Kier alpha value is -1.90. The predicted molar refractivity (Wildman–Crippen MR) is 78.4 cm³/mol. The van der Waals surface area contributed by atoms with Crippen LogP contribution in [0.25, 0.3) is 11.4 Å². The summed E-state index contributed by atoms with van der Waals surface area (Å²) in [6.07, 6.45) is 3.52. The van der Waals surface area contributed by atoms with E-state index in [-0.39, 0.29) is 0 Å². The van der Waals surface area contributed by atoms with E-state index in [1.54, 1.807) is 0 Å². The van der Waals surface area contributed by atoms with Gasteiger partial charge in [0.15, 0.2) is 5.82 Å². The molecule has 1 saturated carbocycles. The monoisotopic (exact) mass is 253 g/mol. The zero-order valence-electron chi connectivity index (χ0n) is 11.5. The molecule has 1 N–H and O–H groups in total. The number of hydrogen-bond donors (Lipinski definition) is 1. The third kappa shape index (κ3) is 2.46. The first-order chi connectivity index (χ1) is 9.31. The van der Waals surface area contributed by atoms with Crippen molar-refractivity contribution in [1.82, 2.24) is 9.97 Å². The standard InChI is InChI=1S/C16H19N3/c1-3-11-6-4-5-7-13(11)16-18-14(12-8-9-12)10-15(17-2)19-16/h4-7,10,12H,3,8-9H2,1-2H3,(H,17,18,19). The molecule has 1 aromatic carbocycles. The maximum Gasteiger partial charge on any atom is 0.162 e. The summed E-state index contributed by atoms with van der Waals surface area (Å²) in [6, 6.07) is 10.5. The number of aryl methyl sites for hydroxylation is 1. The molecule has 3 rings (SSSR count). The third-order valence-electron chi connectivity index (χ3n) is 3.64. The van der Waals surface area contributed by atoms with Crippen LogP contribution in [0.5, 0.6) is 0 Å². The van der Waals surface area contributed by atoms with Crippen LogP contribution in [0.1, 0.15) is 36.9 Å². The molecule has 0 atom stereocenters. The molecule has 1 heterocycles. The van der Waals surface area contributed by atoms with Crippen LogP contribution in [-0.2, 0) is 6.42 Å². The summed E-state index contributed by atoms with van der Waals surface area (Å²) in [5.41, 5.74) is 3.64. The number of hydrogen-bond acceptors (Lipinski definition) is 3. The van der Waals surface area contributed by atoms with Gasteiger partial charge in [0, 0.05) is 30.3 Å². The molecule has 0 aliphatic heterocycles. The highest BCUT2D eigenvalue weighted by atomic mass is 15.0. The van der Waals surface area contributed by atoms with Gasteiger partial charge in [-0.05, 0) is 24.8 Å². The van der Waals surface area contributed by atoms with Crippen molar-refractivity contribution >= 4 is 5.82 Å². The van der Waals surface area contributed by atoms with E-state index in [0.29, 0.717) is 5.92 Å². The first-order valence-corrected chi connectivity index (χ1v) is 6.96. The van der Waals surface area contributed by atoms with Crippen molar-refractivity contribution in [1.29, 1.82) is 0 Å². The van der Waals surface area contributed by atoms with Crippen molar-refractivity contribution in [3.8, 4) is 11.4 Å². The molecule has 1 fully saturated rings. The van der Waals surface area contributed by atoms with Gasteiger partial charge in [0.2, 0.25) is 0 Å². The van der Waals surface area contributed by atoms with Crippen LogP contribution in [-0.4, -0.2) is 17.0 Å². The van der Waals surface area contributed by atoms with Gasteiger partial charge in [-0.2, -0.15) is 0 Å². The maximum absolute atomic E-state index is 4.77. The topological polar surface area (TPSA) is 37.8 Å². The van der Waals surface area contributed by atoms with E-state index >= 15 is 0 Å². The van der Waals surface area contributed by atoms with Gasteiger partial charge in [-0.15, -0.1) is 0 Å². The van der Waals surface area contributed by atoms with Crippen LogP contribution in [0, 0.1) is 0 Å². The molecule has 0 amide bonds. The highest BCUT2D eigenvalue weighted by molar-refractivity contribution is 5.62. The molecule has 1 aliphatic rings. The Morgan fingerprint density at radius 1 is 1.21 bits per heavy atom. The lowest BCUT2D eigenvalue weighted by atomic mass is 10.0. The lowest BCUT2D eigenvalue weighted by Gasteiger charge is -2.10. The molecule has 0 spiro atoms. The molecule has 3 heteroatoms. The average Bonchev–Trinajstić information content (AvgIpc) is 3.31. The minimum atomic E-state index is 0.641.